The third-order valence-electron chi connectivity index (χ3n) is 2.61. The molecule has 4 nitrogen and oxygen atoms in total. The lowest BCUT2D eigenvalue weighted by Crippen LogP contribution is -2.31. The Morgan fingerprint density at radius 1 is 1.25 bits per heavy atom. The van der Waals surface area contributed by atoms with Gasteiger partial charge in [0.25, 0.3) is 0 Å². The second-order valence-corrected chi connectivity index (χ2v) is 3.70. The van der Waals surface area contributed by atoms with E-state index in [2.05, 4.69) is 10.3 Å². The van der Waals surface area contributed by atoms with Gasteiger partial charge in [0.2, 0.25) is 0 Å². The largest absolute Gasteiger partial charge is 0.438 e. The van der Waals surface area contributed by atoms with Crippen LogP contribution in [0.3, 0.4) is 0 Å². The lowest BCUT2D eigenvalue weighted by Gasteiger charge is -2.15. The van der Waals surface area contributed by atoms with Crippen LogP contribution < -0.4 is 5.32 Å². The average molecular weight is 214 g/mol. The van der Waals surface area contributed by atoms with Crippen molar-refractivity contribution in [2.45, 2.75) is 12.3 Å². The number of nitrogens with one attached hydrogen (secondary N) is 1. The Morgan fingerprint density at radius 3 is 2.88 bits per heavy atom. The monoisotopic (exact) mass is 214 g/mol. The summed E-state index contributed by atoms with van der Waals surface area (Å²) in [4.78, 5) is 15.5. The maximum atomic E-state index is 11.0. The molecule has 2 atom stereocenters. The number of carbonyl (C=O) groups excluding carboxylic acids is 1. The Balaban J connectivity index is 1.92. The molecule has 1 saturated heterocycles. The summed E-state index contributed by atoms with van der Waals surface area (Å²) >= 11 is 0. The molecule has 0 aromatic heterocycles. The summed E-state index contributed by atoms with van der Waals surface area (Å²) in [6, 6.07) is 9.85. The molecule has 1 N–H and O–H groups in total. The fourth-order valence-corrected chi connectivity index (χ4v) is 1.83. The van der Waals surface area contributed by atoms with Crippen LogP contribution >= 0.6 is 0 Å². The molecule has 1 aromatic carbocycles. The van der Waals surface area contributed by atoms with Crippen LogP contribution in [0.1, 0.15) is 5.56 Å². The summed E-state index contributed by atoms with van der Waals surface area (Å²) in [5.74, 6) is 0. The number of benzene rings is 1. The predicted octanol–water partition coefficient (Wildman–Crippen LogP) is 1.48. The van der Waals surface area contributed by atoms with Gasteiger partial charge in [0, 0.05) is 0 Å². The second-order valence-electron chi connectivity index (χ2n) is 3.70. The normalized spacial score (nSPS) is 26.8. The first-order valence-corrected chi connectivity index (χ1v) is 5.11. The van der Waals surface area contributed by atoms with Gasteiger partial charge in [-0.3, -0.25) is 10.3 Å². The van der Waals surface area contributed by atoms with Crippen molar-refractivity contribution in [1.29, 1.82) is 0 Å². The van der Waals surface area contributed by atoms with Crippen molar-refractivity contribution in [1.82, 2.24) is 5.32 Å². The lowest BCUT2D eigenvalue weighted by atomic mass is 10.1. The molecule has 0 aliphatic carbocycles. The molecule has 0 spiro atoms. The number of nitrogens with zero attached hydrogens (tertiary/aromatic N) is 1. The third kappa shape index (κ3) is 1.48. The number of hydrogen-bond acceptors (Lipinski definition) is 3. The second kappa shape index (κ2) is 3.48. The molecule has 0 unspecified atom stereocenters. The Labute approximate surface area is 92.6 Å². The molecule has 0 saturated carbocycles. The first-order valence-electron chi connectivity index (χ1n) is 5.11. The van der Waals surface area contributed by atoms with Crippen LogP contribution in [0.15, 0.2) is 47.5 Å². The van der Waals surface area contributed by atoms with Crippen molar-refractivity contribution in [3.05, 3.63) is 48.0 Å². The quantitative estimate of drug-likeness (QED) is 0.769. The summed E-state index contributed by atoms with van der Waals surface area (Å²) in [5.41, 5.74) is 1.91. The van der Waals surface area contributed by atoms with Crippen LogP contribution in [-0.2, 0) is 4.74 Å². The van der Waals surface area contributed by atoms with E-state index < -0.39 is 6.09 Å². The van der Waals surface area contributed by atoms with Gasteiger partial charge in [-0.05, 0) is 17.7 Å². The van der Waals surface area contributed by atoms with Crippen LogP contribution in [0, 0.1) is 0 Å². The van der Waals surface area contributed by atoms with Crippen LogP contribution in [0.25, 0.3) is 0 Å². The Hall–Kier alpha value is -2.10. The summed E-state index contributed by atoms with van der Waals surface area (Å²) in [7, 11) is 0. The fourth-order valence-electron chi connectivity index (χ4n) is 1.83. The van der Waals surface area contributed by atoms with Gasteiger partial charge >= 0.3 is 6.09 Å². The van der Waals surface area contributed by atoms with E-state index in [1.54, 1.807) is 0 Å². The van der Waals surface area contributed by atoms with E-state index >= 15 is 0 Å². The van der Waals surface area contributed by atoms with Gasteiger partial charge in [-0.2, -0.15) is 0 Å². The Bertz CT molecular complexity index is 479. The molecular weight excluding hydrogens is 204 g/mol. The molecule has 0 bridgehead atoms. The zero-order valence-electron chi connectivity index (χ0n) is 8.46. The van der Waals surface area contributed by atoms with Gasteiger partial charge in [-0.25, -0.2) is 4.79 Å². The fraction of sp³-hybridized carbons (Fsp3) is 0.167. The third-order valence-corrected chi connectivity index (χ3v) is 2.61. The summed E-state index contributed by atoms with van der Waals surface area (Å²) in [6.45, 7) is 0. The van der Waals surface area contributed by atoms with Gasteiger partial charge in [0.15, 0.2) is 12.3 Å². The standard InChI is InChI=1S/C12H10N2O2/c15-12-14-11-10(16-12)7-6-9(13-11)8-4-2-1-3-5-8/h1-7,10-11H,(H,14,15)/t10-,11-/m0/s1. The summed E-state index contributed by atoms with van der Waals surface area (Å²) in [6.07, 6.45) is 2.79. The minimum absolute atomic E-state index is 0.264. The number of carbonyl (C=O) groups is 1. The predicted molar refractivity (Wildman–Crippen MR) is 59.3 cm³/mol. The van der Waals surface area contributed by atoms with Crippen LogP contribution in [0.4, 0.5) is 4.79 Å². The van der Waals surface area contributed by atoms with Crippen LogP contribution in [0.5, 0.6) is 0 Å². The first-order chi connectivity index (χ1) is 7.83. The zero-order valence-corrected chi connectivity index (χ0v) is 8.46. The van der Waals surface area contributed by atoms with Gasteiger partial charge in [-0.1, -0.05) is 30.3 Å². The number of ether oxygens (including phenoxy) is 1. The topological polar surface area (TPSA) is 50.7 Å². The van der Waals surface area contributed by atoms with Crippen molar-refractivity contribution in [2.24, 2.45) is 4.99 Å². The number of dihydropyridines is 1. The number of alkyl carbamates (subject to hydrolysis) is 1. The van der Waals surface area contributed by atoms with Crippen molar-refractivity contribution >= 4 is 11.8 Å². The van der Waals surface area contributed by atoms with Gasteiger partial charge in [0.05, 0.1) is 5.71 Å². The highest BCUT2D eigenvalue weighted by Gasteiger charge is 2.33. The molecule has 4 heteroatoms. The zero-order chi connectivity index (χ0) is 11.0. The summed E-state index contributed by atoms with van der Waals surface area (Å²) < 4.78 is 5.01. The molecule has 1 amide bonds. The molecule has 3 rings (SSSR count). The highest BCUT2D eigenvalue weighted by Crippen LogP contribution is 2.18. The number of fused-ring (bicyclic) bond motifs is 1. The van der Waals surface area contributed by atoms with E-state index in [-0.39, 0.29) is 12.3 Å². The van der Waals surface area contributed by atoms with Crippen molar-refractivity contribution in [2.75, 3.05) is 0 Å². The summed E-state index contributed by atoms with van der Waals surface area (Å²) in [5, 5.41) is 2.66. The van der Waals surface area contributed by atoms with E-state index in [1.165, 1.54) is 0 Å². The molecule has 1 fully saturated rings. The Kier molecular flexibility index (Phi) is 1.99. The number of rotatable bonds is 1. The first kappa shape index (κ1) is 9.15. The SMILES string of the molecule is O=C1N[C@@H]2N=C(c3ccccc3)C=C[C@@H]2O1. The van der Waals surface area contributed by atoms with E-state index in [9.17, 15) is 4.79 Å². The molecule has 16 heavy (non-hydrogen) atoms. The number of hydrogen-bond donors (Lipinski definition) is 1. The minimum atomic E-state index is -0.405. The number of allylic oxidation sites excluding steroid dienone is 1. The van der Waals surface area contributed by atoms with E-state index in [1.807, 2.05) is 42.5 Å². The maximum absolute atomic E-state index is 11.0. The van der Waals surface area contributed by atoms with E-state index in [0.29, 0.717) is 0 Å². The average Bonchev–Trinajstić information content (AvgIpc) is 2.69. The van der Waals surface area contributed by atoms with E-state index in [4.69, 9.17) is 4.74 Å². The molecule has 1 aromatic rings. The molecule has 2 heterocycles. The molecule has 2 aliphatic rings. The van der Waals surface area contributed by atoms with Crippen molar-refractivity contribution in [3.63, 3.8) is 0 Å². The highest BCUT2D eigenvalue weighted by molar-refractivity contribution is 6.09. The van der Waals surface area contributed by atoms with E-state index in [0.717, 1.165) is 11.3 Å². The minimum Gasteiger partial charge on any atom is -0.438 e. The van der Waals surface area contributed by atoms with Gasteiger partial charge < -0.3 is 4.74 Å². The van der Waals surface area contributed by atoms with Crippen LogP contribution in [0.2, 0.25) is 0 Å². The molecule has 80 valence electrons. The molecule has 0 radical (unpaired) electrons. The molecular formula is C12H10N2O2. The number of aliphatic imine (C=N–C) groups is 1. The molecule has 2 aliphatic heterocycles. The van der Waals surface area contributed by atoms with Crippen molar-refractivity contribution < 1.29 is 9.53 Å². The number of amides is 1. The maximum Gasteiger partial charge on any atom is 0.409 e. The Morgan fingerprint density at radius 2 is 2.06 bits per heavy atom. The van der Waals surface area contributed by atoms with Gasteiger partial charge in [0.1, 0.15) is 0 Å². The van der Waals surface area contributed by atoms with Gasteiger partial charge in [-0.15, -0.1) is 0 Å². The lowest BCUT2D eigenvalue weighted by molar-refractivity contribution is 0.153. The van der Waals surface area contributed by atoms with Crippen LogP contribution in [-0.4, -0.2) is 24.1 Å². The van der Waals surface area contributed by atoms with Crippen molar-refractivity contribution in [3.8, 4) is 0 Å². The smallest absolute Gasteiger partial charge is 0.409 e. The highest BCUT2D eigenvalue weighted by atomic mass is 16.6.